The summed E-state index contributed by atoms with van der Waals surface area (Å²) in [5, 5.41) is 9.94. The van der Waals surface area contributed by atoms with Crippen LogP contribution in [0.5, 0.6) is 0 Å². The summed E-state index contributed by atoms with van der Waals surface area (Å²) < 4.78 is 0.917. The van der Waals surface area contributed by atoms with Crippen LogP contribution < -0.4 is 5.73 Å². The van der Waals surface area contributed by atoms with Gasteiger partial charge in [-0.3, -0.25) is 0 Å². The van der Waals surface area contributed by atoms with Gasteiger partial charge >= 0.3 is 6.03 Å². The van der Waals surface area contributed by atoms with Crippen LogP contribution >= 0.6 is 0 Å². The number of tetrazole rings is 1. The molecule has 1 rings (SSSR count). The summed E-state index contributed by atoms with van der Waals surface area (Å²) in [6.45, 7) is 1.59. The number of hydrogen-bond acceptors (Lipinski definition) is 4. The Morgan fingerprint density at radius 2 is 2.44 bits per heavy atom. The summed E-state index contributed by atoms with van der Waals surface area (Å²) in [7, 11) is 0. The molecule has 0 unspecified atom stereocenters. The molecule has 0 aromatic carbocycles. The predicted molar refractivity (Wildman–Crippen MR) is 27.5 cm³/mol. The highest BCUT2D eigenvalue weighted by Gasteiger charge is 2.02. The zero-order valence-corrected chi connectivity index (χ0v) is 4.77. The average molecular weight is 127 g/mol. The highest BCUT2D eigenvalue weighted by Crippen LogP contribution is 1.83. The van der Waals surface area contributed by atoms with Crippen molar-refractivity contribution in [3.63, 3.8) is 0 Å². The summed E-state index contributed by atoms with van der Waals surface area (Å²) in [6.07, 6.45) is 0. The largest absolute Gasteiger partial charge is 0.350 e. The number of nitrogens with zero attached hydrogens (tertiary/aromatic N) is 4. The molecular formula is C3H5N5O. The second-order valence-corrected chi connectivity index (χ2v) is 1.48. The van der Waals surface area contributed by atoms with Gasteiger partial charge in [-0.2, -0.15) is 0 Å². The molecule has 6 heteroatoms. The molecule has 2 N–H and O–H groups in total. The molecule has 0 radical (unpaired) electrons. The van der Waals surface area contributed by atoms with E-state index in [0.717, 1.165) is 4.68 Å². The Labute approximate surface area is 50.6 Å². The van der Waals surface area contributed by atoms with Crippen LogP contribution in [-0.2, 0) is 0 Å². The van der Waals surface area contributed by atoms with Crippen molar-refractivity contribution >= 4 is 6.03 Å². The van der Waals surface area contributed by atoms with Gasteiger partial charge in [0.25, 0.3) is 0 Å². The fraction of sp³-hybridized carbons (Fsp3) is 0.333. The van der Waals surface area contributed by atoms with E-state index in [4.69, 9.17) is 5.73 Å². The second-order valence-electron chi connectivity index (χ2n) is 1.48. The quantitative estimate of drug-likeness (QED) is 0.448. The van der Waals surface area contributed by atoms with E-state index in [2.05, 4.69) is 15.5 Å². The van der Waals surface area contributed by atoms with E-state index in [-0.39, 0.29) is 0 Å². The summed E-state index contributed by atoms with van der Waals surface area (Å²) in [4.78, 5) is 10.3. The van der Waals surface area contributed by atoms with Crippen LogP contribution in [0.15, 0.2) is 0 Å². The third-order valence-electron chi connectivity index (χ3n) is 0.834. The van der Waals surface area contributed by atoms with Crippen molar-refractivity contribution in [2.24, 2.45) is 5.73 Å². The van der Waals surface area contributed by atoms with Gasteiger partial charge < -0.3 is 5.73 Å². The first-order valence-electron chi connectivity index (χ1n) is 2.26. The third-order valence-corrected chi connectivity index (χ3v) is 0.834. The van der Waals surface area contributed by atoms with Crippen LogP contribution in [0.25, 0.3) is 0 Å². The Balaban J connectivity index is 3.08. The number of amides is 1. The van der Waals surface area contributed by atoms with Gasteiger partial charge in [-0.05, 0) is 17.4 Å². The molecule has 1 aromatic rings. The number of aromatic nitrogens is 4. The van der Waals surface area contributed by atoms with Crippen LogP contribution in [0.2, 0.25) is 0 Å². The Morgan fingerprint density at radius 3 is 2.67 bits per heavy atom. The Morgan fingerprint density at radius 1 is 1.78 bits per heavy atom. The number of nitrogens with two attached hydrogens (primary N) is 1. The number of aryl methyl sites for hydroxylation is 1. The zero-order chi connectivity index (χ0) is 6.85. The van der Waals surface area contributed by atoms with Crippen molar-refractivity contribution in [1.29, 1.82) is 0 Å². The van der Waals surface area contributed by atoms with Gasteiger partial charge in [0, 0.05) is 0 Å². The van der Waals surface area contributed by atoms with Crippen LogP contribution in [0.3, 0.4) is 0 Å². The molecule has 0 aliphatic heterocycles. The van der Waals surface area contributed by atoms with Crippen LogP contribution in [-0.4, -0.2) is 26.2 Å². The highest BCUT2D eigenvalue weighted by molar-refractivity contribution is 5.73. The fourth-order valence-electron chi connectivity index (χ4n) is 0.435. The molecule has 0 spiro atoms. The molecule has 1 aromatic heterocycles. The van der Waals surface area contributed by atoms with E-state index >= 15 is 0 Å². The molecule has 0 saturated carbocycles. The highest BCUT2D eigenvalue weighted by atomic mass is 16.2. The lowest BCUT2D eigenvalue weighted by atomic mass is 10.7. The first-order valence-corrected chi connectivity index (χ1v) is 2.26. The average Bonchev–Trinajstić information content (AvgIpc) is 2.13. The molecule has 9 heavy (non-hydrogen) atoms. The number of primary amides is 1. The maximum absolute atomic E-state index is 10.3. The Kier molecular flexibility index (Phi) is 1.14. The standard InChI is InChI=1S/C3H5N5O/c1-2-5-6-7-8(2)3(4)9/h1H3,(H2,4,9). The van der Waals surface area contributed by atoms with Gasteiger partial charge in [0.05, 0.1) is 0 Å². The Hall–Kier alpha value is -1.46. The summed E-state index contributed by atoms with van der Waals surface area (Å²) in [5.74, 6) is 0.391. The van der Waals surface area contributed by atoms with Crippen molar-refractivity contribution in [1.82, 2.24) is 20.2 Å². The maximum atomic E-state index is 10.3. The molecule has 0 bridgehead atoms. The molecule has 0 fully saturated rings. The maximum Gasteiger partial charge on any atom is 0.342 e. The molecule has 1 heterocycles. The summed E-state index contributed by atoms with van der Waals surface area (Å²) >= 11 is 0. The van der Waals surface area contributed by atoms with Crippen LogP contribution in [0.1, 0.15) is 5.82 Å². The predicted octanol–water partition coefficient (Wildman–Crippen LogP) is -1.09. The monoisotopic (exact) mass is 127 g/mol. The zero-order valence-electron chi connectivity index (χ0n) is 4.77. The van der Waals surface area contributed by atoms with E-state index in [1.165, 1.54) is 0 Å². The minimum absolute atomic E-state index is 0.391. The van der Waals surface area contributed by atoms with E-state index in [1.54, 1.807) is 6.92 Å². The van der Waals surface area contributed by atoms with Gasteiger partial charge in [-0.25, -0.2) is 4.79 Å². The Bertz CT molecular complexity index is 228. The lowest BCUT2D eigenvalue weighted by Gasteiger charge is -1.88. The van der Waals surface area contributed by atoms with E-state index < -0.39 is 6.03 Å². The minimum atomic E-state index is -0.669. The summed E-state index contributed by atoms with van der Waals surface area (Å²) in [5.41, 5.74) is 4.84. The van der Waals surface area contributed by atoms with E-state index in [9.17, 15) is 4.79 Å². The van der Waals surface area contributed by atoms with Crippen molar-refractivity contribution in [3.05, 3.63) is 5.82 Å². The van der Waals surface area contributed by atoms with Gasteiger partial charge in [-0.15, -0.1) is 9.78 Å². The molecular weight excluding hydrogens is 122 g/mol. The molecule has 6 nitrogen and oxygen atoms in total. The first kappa shape index (κ1) is 5.67. The lowest BCUT2D eigenvalue weighted by molar-refractivity contribution is 0.246. The molecule has 0 saturated heterocycles. The number of rotatable bonds is 0. The molecule has 0 aliphatic carbocycles. The van der Waals surface area contributed by atoms with E-state index in [1.807, 2.05) is 0 Å². The second kappa shape index (κ2) is 1.81. The normalized spacial score (nSPS) is 9.44. The first-order chi connectivity index (χ1) is 4.22. The topological polar surface area (TPSA) is 86.7 Å². The van der Waals surface area contributed by atoms with Crippen LogP contribution in [0.4, 0.5) is 4.79 Å². The van der Waals surface area contributed by atoms with Crippen molar-refractivity contribution < 1.29 is 4.79 Å². The summed E-state index contributed by atoms with van der Waals surface area (Å²) in [6, 6.07) is -0.669. The van der Waals surface area contributed by atoms with Gasteiger partial charge in [0.15, 0.2) is 5.82 Å². The van der Waals surface area contributed by atoms with Crippen molar-refractivity contribution in [3.8, 4) is 0 Å². The van der Waals surface area contributed by atoms with Gasteiger partial charge in [0.2, 0.25) is 0 Å². The molecule has 1 amide bonds. The van der Waals surface area contributed by atoms with Crippen molar-refractivity contribution in [2.75, 3.05) is 0 Å². The number of hydrogen-bond donors (Lipinski definition) is 1. The molecule has 0 aliphatic rings. The minimum Gasteiger partial charge on any atom is -0.350 e. The number of carbonyl (C=O) groups excluding carboxylic acids is 1. The van der Waals surface area contributed by atoms with Crippen molar-refractivity contribution in [2.45, 2.75) is 6.92 Å². The third kappa shape index (κ3) is 0.857. The lowest BCUT2D eigenvalue weighted by Crippen LogP contribution is -2.22. The smallest absolute Gasteiger partial charge is 0.342 e. The number of carbonyl (C=O) groups is 1. The molecule has 0 atom stereocenters. The van der Waals surface area contributed by atoms with Gasteiger partial charge in [0.1, 0.15) is 0 Å². The fourth-order valence-corrected chi connectivity index (χ4v) is 0.435. The van der Waals surface area contributed by atoms with Crippen LogP contribution in [0, 0.1) is 6.92 Å². The molecule has 48 valence electrons. The van der Waals surface area contributed by atoms with E-state index in [0.29, 0.717) is 5.82 Å². The SMILES string of the molecule is Cc1nnnn1C(N)=O. The van der Waals surface area contributed by atoms with Gasteiger partial charge in [-0.1, -0.05) is 0 Å².